The van der Waals surface area contributed by atoms with Crippen molar-refractivity contribution in [2.75, 3.05) is 12.4 Å². The lowest BCUT2D eigenvalue weighted by atomic mass is 10.1. The molecule has 2 aromatic rings. The molecule has 136 valence electrons. The Morgan fingerprint density at radius 1 is 1.27 bits per heavy atom. The first-order valence-electron chi connectivity index (χ1n) is 7.57. The quantitative estimate of drug-likeness (QED) is 0.771. The van der Waals surface area contributed by atoms with Gasteiger partial charge in [-0.25, -0.2) is 4.79 Å². The fraction of sp³-hybridized carbons (Fsp3) is 0.278. The van der Waals surface area contributed by atoms with E-state index in [0.717, 1.165) is 11.3 Å². The first-order valence-corrected chi connectivity index (χ1v) is 8.77. The highest BCUT2D eigenvalue weighted by Crippen LogP contribution is 2.34. The lowest BCUT2D eigenvalue weighted by molar-refractivity contribution is -0.128. The van der Waals surface area contributed by atoms with Gasteiger partial charge in [-0.2, -0.15) is 5.26 Å². The summed E-state index contributed by atoms with van der Waals surface area (Å²) in [6, 6.07) is 8.63. The van der Waals surface area contributed by atoms with Crippen molar-refractivity contribution >= 4 is 39.8 Å². The SMILES string of the molecule is COC(=O)c1sc(NC(=O)C(C)(C)Oc2ccc(Cl)cc2)c(C#N)c1C. The monoisotopic (exact) mass is 392 g/mol. The van der Waals surface area contributed by atoms with E-state index < -0.39 is 17.5 Å². The lowest BCUT2D eigenvalue weighted by Crippen LogP contribution is -2.42. The maximum absolute atomic E-state index is 12.7. The minimum absolute atomic E-state index is 0.228. The van der Waals surface area contributed by atoms with Crippen molar-refractivity contribution in [1.29, 1.82) is 5.26 Å². The van der Waals surface area contributed by atoms with Crippen LogP contribution in [0.5, 0.6) is 5.75 Å². The molecule has 1 aromatic carbocycles. The van der Waals surface area contributed by atoms with Crippen LogP contribution in [0.2, 0.25) is 5.02 Å². The number of nitrogens with zero attached hydrogens (tertiary/aromatic N) is 1. The number of thiophene rings is 1. The van der Waals surface area contributed by atoms with Crippen LogP contribution in [0.3, 0.4) is 0 Å². The maximum atomic E-state index is 12.7. The molecule has 0 aliphatic heterocycles. The summed E-state index contributed by atoms with van der Waals surface area (Å²) >= 11 is 6.83. The van der Waals surface area contributed by atoms with Gasteiger partial charge in [0, 0.05) is 5.02 Å². The molecule has 0 saturated heterocycles. The predicted octanol–water partition coefficient (Wildman–Crippen LogP) is 4.16. The molecule has 1 amide bonds. The number of carbonyl (C=O) groups is 2. The zero-order valence-electron chi connectivity index (χ0n) is 14.7. The van der Waals surface area contributed by atoms with E-state index in [9.17, 15) is 14.9 Å². The summed E-state index contributed by atoms with van der Waals surface area (Å²) in [5, 5.41) is 12.9. The van der Waals surface area contributed by atoms with Gasteiger partial charge in [0.05, 0.1) is 12.7 Å². The number of nitriles is 1. The highest BCUT2D eigenvalue weighted by atomic mass is 35.5. The number of carbonyl (C=O) groups excluding carboxylic acids is 2. The molecular formula is C18H17ClN2O4S. The first-order chi connectivity index (χ1) is 12.2. The summed E-state index contributed by atoms with van der Waals surface area (Å²) in [6.45, 7) is 4.83. The van der Waals surface area contributed by atoms with Crippen LogP contribution >= 0.6 is 22.9 Å². The molecule has 6 nitrogen and oxygen atoms in total. The Morgan fingerprint density at radius 2 is 1.88 bits per heavy atom. The Morgan fingerprint density at radius 3 is 2.42 bits per heavy atom. The van der Waals surface area contributed by atoms with E-state index >= 15 is 0 Å². The van der Waals surface area contributed by atoms with Crippen molar-refractivity contribution in [3.63, 3.8) is 0 Å². The van der Waals surface area contributed by atoms with Crippen molar-refractivity contribution < 1.29 is 19.1 Å². The molecule has 2 rings (SSSR count). The fourth-order valence-electron chi connectivity index (χ4n) is 2.12. The number of amides is 1. The zero-order chi connectivity index (χ0) is 19.5. The number of esters is 1. The van der Waals surface area contributed by atoms with Gasteiger partial charge >= 0.3 is 5.97 Å². The van der Waals surface area contributed by atoms with Crippen molar-refractivity contribution in [2.24, 2.45) is 0 Å². The topological polar surface area (TPSA) is 88.4 Å². The van der Waals surface area contributed by atoms with Gasteiger partial charge in [-0.3, -0.25) is 4.79 Å². The van der Waals surface area contributed by atoms with E-state index in [0.29, 0.717) is 16.3 Å². The number of benzene rings is 1. The van der Waals surface area contributed by atoms with Crippen molar-refractivity contribution in [3.8, 4) is 11.8 Å². The molecule has 0 atom stereocenters. The van der Waals surface area contributed by atoms with Gasteiger partial charge in [0.25, 0.3) is 5.91 Å². The van der Waals surface area contributed by atoms with Crippen molar-refractivity contribution in [3.05, 3.63) is 45.3 Å². The number of ether oxygens (including phenoxy) is 2. The van der Waals surface area contributed by atoms with Gasteiger partial charge in [-0.1, -0.05) is 11.6 Å². The Hall–Kier alpha value is -2.56. The van der Waals surface area contributed by atoms with Gasteiger partial charge in [0.2, 0.25) is 0 Å². The molecule has 1 N–H and O–H groups in total. The number of methoxy groups -OCH3 is 1. The minimum Gasteiger partial charge on any atom is -0.478 e. The second-order valence-electron chi connectivity index (χ2n) is 5.88. The minimum atomic E-state index is -1.22. The van der Waals surface area contributed by atoms with Gasteiger partial charge in [0.15, 0.2) is 5.60 Å². The van der Waals surface area contributed by atoms with E-state index in [2.05, 4.69) is 5.32 Å². The number of anilines is 1. The molecule has 0 aliphatic carbocycles. The number of hydrogen-bond acceptors (Lipinski definition) is 6. The van der Waals surface area contributed by atoms with Gasteiger partial charge in [-0.05, 0) is 50.6 Å². The molecule has 26 heavy (non-hydrogen) atoms. The third kappa shape index (κ3) is 4.15. The Bertz CT molecular complexity index is 882. The van der Waals surface area contributed by atoms with Crippen LogP contribution in [-0.2, 0) is 9.53 Å². The second-order valence-corrected chi connectivity index (χ2v) is 7.34. The molecule has 8 heteroatoms. The van der Waals surface area contributed by atoms with E-state index in [1.165, 1.54) is 7.11 Å². The number of halogens is 1. The molecule has 1 heterocycles. The summed E-state index contributed by atoms with van der Waals surface area (Å²) in [6.07, 6.45) is 0. The lowest BCUT2D eigenvalue weighted by Gasteiger charge is -2.25. The molecule has 1 aromatic heterocycles. The van der Waals surface area contributed by atoms with Gasteiger partial charge in [0.1, 0.15) is 21.7 Å². The van der Waals surface area contributed by atoms with Crippen molar-refractivity contribution in [2.45, 2.75) is 26.4 Å². The highest BCUT2D eigenvalue weighted by Gasteiger charge is 2.32. The van der Waals surface area contributed by atoms with Gasteiger partial charge < -0.3 is 14.8 Å². The van der Waals surface area contributed by atoms with Crippen LogP contribution in [0.15, 0.2) is 24.3 Å². The van der Waals surface area contributed by atoms with Crippen LogP contribution in [0, 0.1) is 18.3 Å². The zero-order valence-corrected chi connectivity index (χ0v) is 16.2. The average Bonchev–Trinajstić information content (AvgIpc) is 2.91. The van der Waals surface area contributed by atoms with Crippen LogP contribution in [0.1, 0.15) is 34.6 Å². The van der Waals surface area contributed by atoms with Crippen LogP contribution in [0.4, 0.5) is 5.00 Å². The Kier molecular flexibility index (Phi) is 5.90. The largest absolute Gasteiger partial charge is 0.478 e. The van der Waals surface area contributed by atoms with Crippen LogP contribution in [0.25, 0.3) is 0 Å². The summed E-state index contributed by atoms with van der Waals surface area (Å²) in [5.74, 6) is -0.532. The van der Waals surface area contributed by atoms with Crippen LogP contribution in [-0.4, -0.2) is 24.6 Å². The number of hydrogen-bond donors (Lipinski definition) is 1. The van der Waals surface area contributed by atoms with E-state index in [1.54, 1.807) is 45.0 Å². The average molecular weight is 393 g/mol. The van der Waals surface area contributed by atoms with Crippen molar-refractivity contribution in [1.82, 2.24) is 0 Å². The Balaban J connectivity index is 2.24. The smallest absolute Gasteiger partial charge is 0.348 e. The molecule has 0 spiro atoms. The fourth-order valence-corrected chi connectivity index (χ4v) is 3.32. The molecule has 0 unspecified atom stereocenters. The third-order valence-electron chi connectivity index (χ3n) is 3.59. The molecule has 0 bridgehead atoms. The van der Waals surface area contributed by atoms with E-state index in [4.69, 9.17) is 21.1 Å². The molecule has 0 aliphatic rings. The summed E-state index contributed by atoms with van der Waals surface area (Å²) < 4.78 is 10.4. The summed E-state index contributed by atoms with van der Waals surface area (Å²) in [7, 11) is 1.26. The standard InChI is InChI=1S/C18H17ClN2O4S/c1-10-13(9-20)15(26-14(10)16(22)24-4)21-17(23)18(2,3)25-12-7-5-11(19)6-8-12/h5-8H,1-4H3,(H,21,23). The normalized spacial score (nSPS) is 10.8. The summed E-state index contributed by atoms with van der Waals surface area (Å²) in [5.41, 5.74) is -0.522. The molecule has 0 fully saturated rings. The number of nitrogens with one attached hydrogen (secondary N) is 1. The molecular weight excluding hydrogens is 376 g/mol. The molecule has 0 radical (unpaired) electrons. The van der Waals surface area contributed by atoms with Gasteiger partial charge in [-0.15, -0.1) is 11.3 Å². The highest BCUT2D eigenvalue weighted by molar-refractivity contribution is 7.18. The summed E-state index contributed by atoms with van der Waals surface area (Å²) in [4.78, 5) is 24.7. The van der Waals surface area contributed by atoms with Crippen LogP contribution < -0.4 is 10.1 Å². The maximum Gasteiger partial charge on any atom is 0.348 e. The third-order valence-corrected chi connectivity index (χ3v) is 5.03. The molecule has 0 saturated carbocycles. The van der Waals surface area contributed by atoms with E-state index in [-0.39, 0.29) is 15.4 Å². The predicted molar refractivity (Wildman–Crippen MR) is 99.9 cm³/mol. The second kappa shape index (κ2) is 7.77. The van der Waals surface area contributed by atoms with E-state index in [1.807, 2.05) is 6.07 Å². The number of rotatable bonds is 5. The first kappa shape index (κ1) is 19.8. The Labute approximate surface area is 160 Å².